The topological polar surface area (TPSA) is 62.6 Å². The third kappa shape index (κ3) is 5.41. The zero-order valence-electron chi connectivity index (χ0n) is 20.0. The van der Waals surface area contributed by atoms with E-state index in [2.05, 4.69) is 34.1 Å². The highest BCUT2D eigenvalue weighted by Crippen LogP contribution is 2.37. The molecule has 0 bridgehead atoms. The summed E-state index contributed by atoms with van der Waals surface area (Å²) in [5.41, 5.74) is 4.42. The van der Waals surface area contributed by atoms with Crippen molar-refractivity contribution in [3.05, 3.63) is 33.5 Å². The molecule has 9 heteroatoms. The molecule has 180 valence electrons. The minimum absolute atomic E-state index is 0.258. The molecular weight excluding hydrogens is 454 g/mol. The number of aromatic nitrogens is 2. The molecule has 0 atom stereocenters. The van der Waals surface area contributed by atoms with Gasteiger partial charge in [0, 0.05) is 55.4 Å². The number of esters is 1. The maximum Gasteiger partial charge on any atom is 0.341 e. The molecule has 0 unspecified atom stereocenters. The molecule has 2 aliphatic rings. The van der Waals surface area contributed by atoms with Crippen LogP contribution in [0.15, 0.2) is 6.20 Å². The van der Waals surface area contributed by atoms with E-state index in [0.717, 1.165) is 63.5 Å². The largest absolute Gasteiger partial charge is 0.465 e. The van der Waals surface area contributed by atoms with E-state index in [9.17, 15) is 4.79 Å². The number of fused-ring (bicyclic) bond motifs is 1. The van der Waals surface area contributed by atoms with Crippen molar-refractivity contribution in [3.8, 4) is 0 Å². The molecule has 7 nitrogen and oxygen atoms in total. The van der Waals surface area contributed by atoms with E-state index in [-0.39, 0.29) is 5.97 Å². The first-order chi connectivity index (χ1) is 16.0. The Kier molecular flexibility index (Phi) is 8.03. The number of aryl methyl sites for hydroxylation is 2. The van der Waals surface area contributed by atoms with E-state index in [4.69, 9.17) is 17.0 Å². The summed E-state index contributed by atoms with van der Waals surface area (Å²) in [5, 5.41) is 9.44. The van der Waals surface area contributed by atoms with Crippen molar-refractivity contribution in [3.63, 3.8) is 0 Å². The number of anilines is 1. The number of thiophene rings is 1. The highest BCUT2D eigenvalue weighted by Gasteiger charge is 2.27. The third-order valence-corrected chi connectivity index (χ3v) is 8.41. The Balaban J connectivity index is 1.40. The van der Waals surface area contributed by atoms with E-state index in [1.807, 2.05) is 10.9 Å². The Hall–Kier alpha value is -1.97. The van der Waals surface area contributed by atoms with Gasteiger partial charge in [-0.25, -0.2) is 4.79 Å². The van der Waals surface area contributed by atoms with Gasteiger partial charge in [0.15, 0.2) is 5.11 Å². The molecule has 3 heterocycles. The summed E-state index contributed by atoms with van der Waals surface area (Å²) in [6.45, 7) is 9.71. The molecule has 0 aromatic carbocycles. The summed E-state index contributed by atoms with van der Waals surface area (Å²) in [7, 11) is 1.46. The second-order valence-electron chi connectivity index (χ2n) is 8.88. The predicted molar refractivity (Wildman–Crippen MR) is 137 cm³/mol. The monoisotopic (exact) mass is 489 g/mol. The molecule has 0 saturated carbocycles. The molecule has 1 aliphatic carbocycles. The fourth-order valence-corrected chi connectivity index (χ4v) is 6.44. The zero-order chi connectivity index (χ0) is 23.4. The smallest absolute Gasteiger partial charge is 0.341 e. The zero-order valence-corrected chi connectivity index (χ0v) is 21.6. The number of thiocarbonyl (C=S) groups is 1. The van der Waals surface area contributed by atoms with Gasteiger partial charge in [-0.15, -0.1) is 11.3 Å². The summed E-state index contributed by atoms with van der Waals surface area (Å²) in [5.74, 6) is -0.258. The van der Waals surface area contributed by atoms with Gasteiger partial charge < -0.3 is 15.0 Å². The lowest BCUT2D eigenvalue weighted by Gasteiger charge is -2.36. The lowest BCUT2D eigenvalue weighted by molar-refractivity contribution is 0.0601. The summed E-state index contributed by atoms with van der Waals surface area (Å²) in [4.78, 5) is 18.7. The van der Waals surface area contributed by atoms with Crippen LogP contribution in [0.2, 0.25) is 0 Å². The molecule has 0 spiro atoms. The van der Waals surface area contributed by atoms with Gasteiger partial charge in [-0.3, -0.25) is 9.58 Å². The number of carbonyl (C=O) groups is 1. The van der Waals surface area contributed by atoms with Crippen molar-refractivity contribution in [2.24, 2.45) is 0 Å². The number of piperazine rings is 1. The molecule has 0 amide bonds. The Morgan fingerprint density at radius 3 is 2.58 bits per heavy atom. The summed E-state index contributed by atoms with van der Waals surface area (Å²) in [6.07, 6.45) is 8.75. The van der Waals surface area contributed by atoms with E-state index >= 15 is 0 Å². The molecule has 1 saturated heterocycles. The number of ether oxygens (including phenoxy) is 1. The Bertz CT molecular complexity index is 991. The second kappa shape index (κ2) is 11.0. The van der Waals surface area contributed by atoms with Crippen LogP contribution in [0.5, 0.6) is 0 Å². The fraction of sp³-hybridized carbons (Fsp3) is 0.625. The normalized spacial score (nSPS) is 17.2. The number of rotatable bonds is 5. The van der Waals surface area contributed by atoms with Gasteiger partial charge in [0.1, 0.15) is 5.00 Å². The van der Waals surface area contributed by atoms with Crippen LogP contribution in [-0.2, 0) is 30.7 Å². The molecule has 1 N–H and O–H groups in total. The highest BCUT2D eigenvalue weighted by atomic mass is 32.1. The van der Waals surface area contributed by atoms with Gasteiger partial charge in [-0.2, -0.15) is 5.10 Å². The summed E-state index contributed by atoms with van der Waals surface area (Å²) in [6, 6.07) is 0. The number of hydrogen-bond donors (Lipinski definition) is 1. The van der Waals surface area contributed by atoms with E-state index in [1.54, 1.807) is 11.3 Å². The van der Waals surface area contributed by atoms with Crippen LogP contribution in [0.3, 0.4) is 0 Å². The van der Waals surface area contributed by atoms with Crippen molar-refractivity contribution in [1.82, 2.24) is 19.6 Å². The first-order valence-electron chi connectivity index (χ1n) is 12.0. The SMILES string of the molecule is CCn1ncc(CN2CCN(C(=S)Nc3sc4c(c3C(=O)OC)CCCCCC4)CC2)c1C. The molecule has 2 aromatic heterocycles. The fourth-order valence-electron chi connectivity index (χ4n) is 4.81. The van der Waals surface area contributed by atoms with Crippen LogP contribution in [0, 0.1) is 6.92 Å². The van der Waals surface area contributed by atoms with Crippen LogP contribution < -0.4 is 5.32 Å². The van der Waals surface area contributed by atoms with Gasteiger partial charge in [0.05, 0.1) is 18.9 Å². The van der Waals surface area contributed by atoms with Crippen molar-refractivity contribution in [1.29, 1.82) is 0 Å². The predicted octanol–water partition coefficient (Wildman–Crippen LogP) is 4.23. The van der Waals surface area contributed by atoms with E-state index in [0.29, 0.717) is 10.7 Å². The van der Waals surface area contributed by atoms with E-state index < -0.39 is 0 Å². The van der Waals surface area contributed by atoms with Crippen LogP contribution >= 0.6 is 23.6 Å². The lowest BCUT2D eigenvalue weighted by Crippen LogP contribution is -2.49. The average Bonchev–Trinajstić information content (AvgIpc) is 3.32. The highest BCUT2D eigenvalue weighted by molar-refractivity contribution is 7.80. The number of methoxy groups -OCH3 is 1. The number of nitrogens with one attached hydrogen (secondary N) is 1. The maximum atomic E-state index is 12.7. The number of carbonyl (C=O) groups excluding carboxylic acids is 1. The quantitative estimate of drug-likeness (QED) is 0.498. The van der Waals surface area contributed by atoms with Crippen molar-refractivity contribution >= 4 is 39.6 Å². The van der Waals surface area contributed by atoms with Crippen LogP contribution in [0.1, 0.15) is 64.7 Å². The standard InChI is InChI=1S/C24H35N5O2S2/c1-4-29-17(2)18(15-25-29)16-27-11-13-28(14-12-27)24(32)26-22-21(23(30)31-3)19-9-7-5-6-8-10-20(19)33-22/h15H,4-14,16H2,1-3H3,(H,26,32). The average molecular weight is 490 g/mol. The van der Waals surface area contributed by atoms with Gasteiger partial charge in [-0.1, -0.05) is 12.8 Å². The van der Waals surface area contributed by atoms with Gasteiger partial charge in [0.25, 0.3) is 0 Å². The van der Waals surface area contributed by atoms with Gasteiger partial charge in [0.2, 0.25) is 0 Å². The summed E-state index contributed by atoms with van der Waals surface area (Å²) < 4.78 is 7.20. The van der Waals surface area contributed by atoms with Crippen molar-refractivity contribution < 1.29 is 9.53 Å². The second-order valence-corrected chi connectivity index (χ2v) is 10.4. The van der Waals surface area contributed by atoms with Crippen molar-refractivity contribution in [2.75, 3.05) is 38.6 Å². The molecule has 1 aliphatic heterocycles. The van der Waals surface area contributed by atoms with E-state index in [1.165, 1.54) is 48.1 Å². The molecular formula is C24H35N5O2S2. The summed E-state index contributed by atoms with van der Waals surface area (Å²) >= 11 is 7.46. The Morgan fingerprint density at radius 1 is 1.18 bits per heavy atom. The molecule has 33 heavy (non-hydrogen) atoms. The maximum absolute atomic E-state index is 12.7. The molecule has 1 fully saturated rings. The number of hydrogen-bond acceptors (Lipinski definition) is 6. The van der Waals surface area contributed by atoms with Crippen LogP contribution in [0.4, 0.5) is 5.00 Å². The van der Waals surface area contributed by atoms with Crippen LogP contribution in [0.25, 0.3) is 0 Å². The van der Waals surface area contributed by atoms with Crippen molar-refractivity contribution in [2.45, 2.75) is 65.5 Å². The van der Waals surface area contributed by atoms with Gasteiger partial charge in [-0.05, 0) is 57.3 Å². The van der Waals surface area contributed by atoms with Crippen LogP contribution in [-0.4, -0.2) is 64.0 Å². The van der Waals surface area contributed by atoms with Gasteiger partial charge >= 0.3 is 5.97 Å². The lowest BCUT2D eigenvalue weighted by atomic mass is 9.96. The minimum atomic E-state index is -0.258. The number of nitrogens with zero attached hydrogens (tertiary/aromatic N) is 4. The Morgan fingerprint density at radius 2 is 1.91 bits per heavy atom. The molecule has 4 rings (SSSR count). The third-order valence-electron chi connectivity index (χ3n) is 6.84. The minimum Gasteiger partial charge on any atom is -0.465 e. The first kappa shape index (κ1) is 24.2. The molecule has 0 radical (unpaired) electrons. The Labute approximate surface area is 206 Å². The first-order valence-corrected chi connectivity index (χ1v) is 13.3. The molecule has 2 aromatic rings.